The minimum absolute atomic E-state index is 0.297. The molecule has 0 saturated heterocycles. The largest absolute Gasteiger partial charge is 0.493 e. The number of hydrogen-bond acceptors (Lipinski definition) is 6. The van der Waals surface area contributed by atoms with Crippen molar-refractivity contribution in [2.45, 2.75) is 20.0 Å². The Kier molecular flexibility index (Phi) is 7.74. The summed E-state index contributed by atoms with van der Waals surface area (Å²) in [4.78, 5) is 36.4. The van der Waals surface area contributed by atoms with E-state index in [0.29, 0.717) is 29.2 Å². The van der Waals surface area contributed by atoms with Crippen molar-refractivity contribution >= 4 is 23.5 Å². The van der Waals surface area contributed by atoms with E-state index in [1.54, 1.807) is 49.4 Å². The molecule has 2 aromatic carbocycles. The van der Waals surface area contributed by atoms with Crippen LogP contribution in [0.4, 0.5) is 5.69 Å². The number of hydrogen-bond donors (Lipinski definition) is 2. The minimum Gasteiger partial charge on any atom is -0.493 e. The van der Waals surface area contributed by atoms with Crippen LogP contribution in [0, 0.1) is 11.3 Å². The van der Waals surface area contributed by atoms with Gasteiger partial charge in [-0.2, -0.15) is 5.26 Å². The number of amides is 2. The molecule has 0 bridgehead atoms. The third-order valence-corrected chi connectivity index (χ3v) is 3.76. The van der Waals surface area contributed by atoms with Crippen LogP contribution in [0.5, 0.6) is 5.75 Å². The standard InChI is InChI=1S/C21H21N3O5/c1-3-28-18-10-5-4-9-17(18)21(27)23-13-19(25)29-14(2)20(26)24-16-8-6-7-15(11-16)12-22/h4-11,14H,3,13H2,1-2H3,(H,23,27)(H,24,26). The number of carbonyl (C=O) groups is 3. The molecule has 150 valence electrons. The lowest BCUT2D eigenvalue weighted by Crippen LogP contribution is -2.36. The van der Waals surface area contributed by atoms with E-state index in [0.717, 1.165) is 0 Å². The summed E-state index contributed by atoms with van der Waals surface area (Å²) >= 11 is 0. The Morgan fingerprint density at radius 3 is 2.62 bits per heavy atom. The van der Waals surface area contributed by atoms with Gasteiger partial charge in [0, 0.05) is 5.69 Å². The fourth-order valence-electron chi connectivity index (χ4n) is 2.39. The molecule has 0 aliphatic rings. The molecular weight excluding hydrogens is 374 g/mol. The Labute approximate surface area is 168 Å². The van der Waals surface area contributed by atoms with Crippen LogP contribution in [-0.2, 0) is 14.3 Å². The van der Waals surface area contributed by atoms with Crippen LogP contribution >= 0.6 is 0 Å². The molecule has 0 heterocycles. The minimum atomic E-state index is -1.08. The van der Waals surface area contributed by atoms with Gasteiger partial charge in [0.15, 0.2) is 6.10 Å². The van der Waals surface area contributed by atoms with Crippen molar-refractivity contribution in [3.63, 3.8) is 0 Å². The van der Waals surface area contributed by atoms with E-state index in [4.69, 9.17) is 14.7 Å². The highest BCUT2D eigenvalue weighted by molar-refractivity contribution is 5.99. The van der Waals surface area contributed by atoms with Gasteiger partial charge in [-0.25, -0.2) is 0 Å². The first kappa shape index (κ1) is 21.4. The molecule has 0 saturated carbocycles. The average Bonchev–Trinajstić information content (AvgIpc) is 2.72. The summed E-state index contributed by atoms with van der Waals surface area (Å²) in [6, 6.07) is 15.0. The van der Waals surface area contributed by atoms with Crippen molar-refractivity contribution < 1.29 is 23.9 Å². The summed E-state index contributed by atoms with van der Waals surface area (Å²) in [6.07, 6.45) is -1.08. The summed E-state index contributed by atoms with van der Waals surface area (Å²) in [7, 11) is 0. The number of nitrogens with zero attached hydrogens (tertiary/aromatic N) is 1. The summed E-state index contributed by atoms with van der Waals surface area (Å²) in [5, 5.41) is 13.9. The van der Waals surface area contributed by atoms with Gasteiger partial charge in [-0.3, -0.25) is 14.4 Å². The molecule has 1 atom stereocenters. The quantitative estimate of drug-likeness (QED) is 0.662. The van der Waals surface area contributed by atoms with Crippen molar-refractivity contribution in [2.75, 3.05) is 18.5 Å². The van der Waals surface area contributed by atoms with Gasteiger partial charge in [-0.15, -0.1) is 0 Å². The predicted molar refractivity (Wildman–Crippen MR) is 105 cm³/mol. The normalized spacial score (nSPS) is 10.9. The van der Waals surface area contributed by atoms with E-state index < -0.39 is 30.4 Å². The highest BCUT2D eigenvalue weighted by Gasteiger charge is 2.19. The topological polar surface area (TPSA) is 118 Å². The van der Waals surface area contributed by atoms with Crippen molar-refractivity contribution in [1.82, 2.24) is 5.32 Å². The van der Waals surface area contributed by atoms with E-state index in [1.165, 1.54) is 13.0 Å². The number of carbonyl (C=O) groups excluding carboxylic acids is 3. The Balaban J connectivity index is 1.86. The van der Waals surface area contributed by atoms with Gasteiger partial charge in [0.25, 0.3) is 11.8 Å². The molecule has 29 heavy (non-hydrogen) atoms. The second-order valence-corrected chi connectivity index (χ2v) is 5.93. The molecule has 2 amide bonds. The summed E-state index contributed by atoms with van der Waals surface area (Å²) < 4.78 is 10.4. The van der Waals surface area contributed by atoms with Crippen LogP contribution in [0.15, 0.2) is 48.5 Å². The Morgan fingerprint density at radius 1 is 1.14 bits per heavy atom. The molecule has 8 nitrogen and oxygen atoms in total. The van der Waals surface area contributed by atoms with Gasteiger partial charge >= 0.3 is 5.97 Å². The molecule has 0 radical (unpaired) electrons. The number of rotatable bonds is 8. The van der Waals surface area contributed by atoms with Gasteiger partial charge in [0.2, 0.25) is 0 Å². The van der Waals surface area contributed by atoms with Gasteiger partial charge in [-0.1, -0.05) is 18.2 Å². The van der Waals surface area contributed by atoms with Gasteiger partial charge in [0.05, 0.1) is 23.8 Å². The second kappa shape index (κ2) is 10.5. The van der Waals surface area contributed by atoms with Crippen LogP contribution < -0.4 is 15.4 Å². The first-order chi connectivity index (χ1) is 13.9. The number of nitrogens with one attached hydrogen (secondary N) is 2. The highest BCUT2D eigenvalue weighted by Crippen LogP contribution is 2.17. The first-order valence-electron chi connectivity index (χ1n) is 8.95. The van der Waals surface area contributed by atoms with Crippen molar-refractivity contribution in [2.24, 2.45) is 0 Å². The molecule has 8 heteroatoms. The molecular formula is C21H21N3O5. The molecule has 2 rings (SSSR count). The number of benzene rings is 2. The highest BCUT2D eigenvalue weighted by atomic mass is 16.5. The van der Waals surface area contributed by atoms with Crippen LogP contribution in [0.2, 0.25) is 0 Å². The van der Waals surface area contributed by atoms with Crippen molar-refractivity contribution in [1.29, 1.82) is 5.26 Å². The van der Waals surface area contributed by atoms with Crippen LogP contribution in [0.25, 0.3) is 0 Å². The van der Waals surface area contributed by atoms with E-state index in [-0.39, 0.29) is 0 Å². The first-order valence-corrected chi connectivity index (χ1v) is 8.95. The van der Waals surface area contributed by atoms with E-state index in [2.05, 4.69) is 10.6 Å². The number of ether oxygens (including phenoxy) is 2. The average molecular weight is 395 g/mol. The van der Waals surface area contributed by atoms with Crippen molar-refractivity contribution in [3.8, 4) is 11.8 Å². The maximum absolute atomic E-state index is 12.3. The van der Waals surface area contributed by atoms with Gasteiger partial charge in [0.1, 0.15) is 12.3 Å². The van der Waals surface area contributed by atoms with E-state index >= 15 is 0 Å². The Morgan fingerprint density at radius 2 is 1.90 bits per heavy atom. The number of nitriles is 1. The van der Waals surface area contributed by atoms with Crippen LogP contribution in [0.1, 0.15) is 29.8 Å². The SMILES string of the molecule is CCOc1ccccc1C(=O)NCC(=O)OC(C)C(=O)Nc1cccc(C#N)c1. The summed E-state index contributed by atoms with van der Waals surface area (Å²) in [5.41, 5.74) is 1.10. The van der Waals surface area contributed by atoms with Gasteiger partial charge in [-0.05, 0) is 44.2 Å². The molecule has 2 N–H and O–H groups in total. The molecule has 1 unspecified atom stereocenters. The summed E-state index contributed by atoms with van der Waals surface area (Å²) in [6.45, 7) is 3.21. The van der Waals surface area contributed by atoms with Crippen LogP contribution in [-0.4, -0.2) is 37.0 Å². The third-order valence-electron chi connectivity index (χ3n) is 3.76. The maximum atomic E-state index is 12.3. The van der Waals surface area contributed by atoms with Gasteiger partial charge < -0.3 is 20.1 Å². The lowest BCUT2D eigenvalue weighted by atomic mass is 10.2. The lowest BCUT2D eigenvalue weighted by molar-refractivity contribution is -0.152. The predicted octanol–water partition coefficient (Wildman–Crippen LogP) is 2.26. The Hall–Kier alpha value is -3.86. The van der Waals surface area contributed by atoms with Crippen LogP contribution in [0.3, 0.4) is 0 Å². The number of anilines is 1. The summed E-state index contributed by atoms with van der Waals surface area (Å²) in [5.74, 6) is -1.40. The fourth-order valence-corrected chi connectivity index (χ4v) is 2.39. The molecule has 0 spiro atoms. The fraction of sp³-hybridized carbons (Fsp3) is 0.238. The lowest BCUT2D eigenvalue weighted by Gasteiger charge is -2.14. The molecule has 0 aliphatic heterocycles. The second-order valence-electron chi connectivity index (χ2n) is 5.93. The third kappa shape index (κ3) is 6.36. The molecule has 0 aliphatic carbocycles. The zero-order valence-corrected chi connectivity index (χ0v) is 16.1. The Bertz CT molecular complexity index is 936. The number of esters is 1. The molecule has 0 fully saturated rings. The zero-order valence-electron chi connectivity index (χ0n) is 16.1. The zero-order chi connectivity index (χ0) is 21.2. The molecule has 0 aromatic heterocycles. The molecule has 2 aromatic rings. The van der Waals surface area contributed by atoms with E-state index in [9.17, 15) is 14.4 Å². The number of para-hydroxylation sites is 1. The monoisotopic (exact) mass is 395 g/mol. The van der Waals surface area contributed by atoms with Crippen molar-refractivity contribution in [3.05, 3.63) is 59.7 Å². The van der Waals surface area contributed by atoms with E-state index in [1.807, 2.05) is 6.07 Å². The maximum Gasteiger partial charge on any atom is 0.326 e. The smallest absolute Gasteiger partial charge is 0.326 e.